The molecule has 0 rings (SSSR count). The van der Waals surface area contributed by atoms with Crippen LogP contribution in [0.1, 0.15) is 27.2 Å². The van der Waals surface area contributed by atoms with E-state index in [4.69, 9.17) is 0 Å². The van der Waals surface area contributed by atoms with Crippen LogP contribution < -0.4 is 4.72 Å². The molecule has 13 heavy (non-hydrogen) atoms. The highest BCUT2D eigenvalue weighted by Gasteiger charge is 2.13. The number of aliphatic hydroxyl groups is 1. The molecule has 80 valence electrons. The van der Waals surface area contributed by atoms with Crippen molar-refractivity contribution in [1.29, 1.82) is 0 Å². The smallest absolute Gasteiger partial charge is 0.211 e. The Labute approximate surface area is 80.4 Å². The molecule has 0 fully saturated rings. The van der Waals surface area contributed by atoms with E-state index in [2.05, 4.69) is 4.72 Å². The molecule has 0 spiro atoms. The van der Waals surface area contributed by atoms with Gasteiger partial charge in [-0.1, -0.05) is 20.8 Å². The molecule has 0 saturated carbocycles. The second-order valence-electron chi connectivity index (χ2n) is 3.48. The lowest BCUT2D eigenvalue weighted by Crippen LogP contribution is -2.35. The van der Waals surface area contributed by atoms with Gasteiger partial charge in [-0.3, -0.25) is 0 Å². The van der Waals surface area contributed by atoms with E-state index in [1.54, 1.807) is 6.92 Å². The van der Waals surface area contributed by atoms with E-state index < -0.39 is 16.1 Å². The lowest BCUT2D eigenvalue weighted by atomic mass is 10.1. The summed E-state index contributed by atoms with van der Waals surface area (Å²) in [6, 6.07) is 0. The molecular formula is C8H19NO3S. The van der Waals surface area contributed by atoms with Crippen LogP contribution in [-0.2, 0) is 10.0 Å². The first kappa shape index (κ1) is 12.9. The fourth-order valence-electron chi connectivity index (χ4n) is 0.789. The maximum atomic E-state index is 11.1. The molecule has 0 aliphatic carbocycles. The van der Waals surface area contributed by atoms with E-state index in [0.29, 0.717) is 6.42 Å². The first-order chi connectivity index (χ1) is 5.89. The molecule has 0 saturated heterocycles. The van der Waals surface area contributed by atoms with Crippen LogP contribution in [0.25, 0.3) is 0 Å². The lowest BCUT2D eigenvalue weighted by molar-refractivity contribution is 0.129. The minimum Gasteiger partial charge on any atom is -0.391 e. The van der Waals surface area contributed by atoms with Crippen molar-refractivity contribution in [3.63, 3.8) is 0 Å². The molecule has 0 radical (unpaired) electrons. The second kappa shape index (κ2) is 5.57. The van der Waals surface area contributed by atoms with E-state index in [0.717, 1.165) is 0 Å². The Kier molecular flexibility index (Phi) is 5.51. The molecule has 1 atom stereocenters. The Morgan fingerprint density at radius 2 is 1.92 bits per heavy atom. The van der Waals surface area contributed by atoms with E-state index in [-0.39, 0.29) is 18.2 Å². The van der Waals surface area contributed by atoms with E-state index >= 15 is 0 Å². The van der Waals surface area contributed by atoms with Gasteiger partial charge in [0.05, 0.1) is 11.9 Å². The van der Waals surface area contributed by atoms with Crippen LogP contribution in [0, 0.1) is 5.92 Å². The van der Waals surface area contributed by atoms with Crippen molar-refractivity contribution in [2.45, 2.75) is 33.3 Å². The first-order valence-corrected chi connectivity index (χ1v) is 6.19. The van der Waals surface area contributed by atoms with Crippen molar-refractivity contribution >= 4 is 10.0 Å². The average Bonchev–Trinajstić information content (AvgIpc) is 2.00. The highest BCUT2D eigenvalue weighted by atomic mass is 32.2. The van der Waals surface area contributed by atoms with Gasteiger partial charge in [-0.05, 0) is 12.3 Å². The summed E-state index contributed by atoms with van der Waals surface area (Å²) in [7, 11) is -3.17. The number of rotatable bonds is 6. The molecule has 5 heteroatoms. The van der Waals surface area contributed by atoms with Gasteiger partial charge in [0, 0.05) is 6.54 Å². The minimum absolute atomic E-state index is 0.0735. The Bertz CT molecular complexity index is 224. The lowest BCUT2D eigenvalue weighted by Gasteiger charge is -2.14. The highest BCUT2D eigenvalue weighted by molar-refractivity contribution is 7.89. The Balaban J connectivity index is 3.88. The molecule has 0 aliphatic rings. The summed E-state index contributed by atoms with van der Waals surface area (Å²) in [6.45, 7) is 5.61. The molecule has 0 aliphatic heterocycles. The van der Waals surface area contributed by atoms with Crippen LogP contribution in [0.2, 0.25) is 0 Å². The Morgan fingerprint density at radius 1 is 1.38 bits per heavy atom. The number of aliphatic hydroxyl groups excluding tert-OH is 1. The summed E-state index contributed by atoms with van der Waals surface area (Å²) in [5, 5.41) is 9.33. The zero-order valence-electron chi connectivity index (χ0n) is 8.45. The van der Waals surface area contributed by atoms with Crippen LogP contribution >= 0.6 is 0 Å². The van der Waals surface area contributed by atoms with Gasteiger partial charge in [0.2, 0.25) is 10.0 Å². The summed E-state index contributed by atoms with van der Waals surface area (Å²) >= 11 is 0. The van der Waals surface area contributed by atoms with Crippen LogP contribution in [0.3, 0.4) is 0 Å². The van der Waals surface area contributed by atoms with Crippen LogP contribution in [0.15, 0.2) is 0 Å². The maximum Gasteiger partial charge on any atom is 0.211 e. The quantitative estimate of drug-likeness (QED) is 0.662. The third-order valence-corrected chi connectivity index (χ3v) is 3.31. The second-order valence-corrected chi connectivity index (χ2v) is 5.41. The number of hydrogen-bond donors (Lipinski definition) is 2. The zero-order chi connectivity index (χ0) is 10.5. The van der Waals surface area contributed by atoms with Gasteiger partial charge in [-0.2, -0.15) is 0 Å². The third-order valence-electron chi connectivity index (χ3n) is 1.75. The molecule has 4 nitrogen and oxygen atoms in total. The fraction of sp³-hybridized carbons (Fsp3) is 1.00. The number of sulfonamides is 1. The predicted molar refractivity (Wildman–Crippen MR) is 52.9 cm³/mol. The summed E-state index contributed by atoms with van der Waals surface area (Å²) < 4.78 is 24.6. The summed E-state index contributed by atoms with van der Waals surface area (Å²) in [4.78, 5) is 0. The molecule has 0 aromatic heterocycles. The zero-order valence-corrected chi connectivity index (χ0v) is 9.26. The van der Waals surface area contributed by atoms with E-state index in [1.165, 1.54) is 0 Å². The van der Waals surface area contributed by atoms with Gasteiger partial charge in [-0.15, -0.1) is 0 Å². The molecular weight excluding hydrogens is 190 g/mol. The average molecular weight is 209 g/mol. The van der Waals surface area contributed by atoms with Crippen molar-refractivity contribution in [3.05, 3.63) is 0 Å². The standard InChI is InChI=1S/C8H19NO3S/c1-4-5-13(11,12)9-6-8(10)7(2)3/h7-10H,4-6H2,1-3H3/t8-/m0/s1. The van der Waals surface area contributed by atoms with E-state index in [9.17, 15) is 13.5 Å². The van der Waals surface area contributed by atoms with Crippen LogP contribution in [-0.4, -0.2) is 31.9 Å². The third kappa shape index (κ3) is 6.01. The number of nitrogens with one attached hydrogen (secondary N) is 1. The van der Waals surface area contributed by atoms with Crippen LogP contribution in [0.4, 0.5) is 0 Å². The van der Waals surface area contributed by atoms with Gasteiger partial charge >= 0.3 is 0 Å². The van der Waals surface area contributed by atoms with Gasteiger partial charge in [-0.25, -0.2) is 13.1 Å². The minimum atomic E-state index is -3.17. The van der Waals surface area contributed by atoms with Gasteiger partial charge < -0.3 is 5.11 Å². The molecule has 0 aromatic rings. The molecule has 0 aromatic carbocycles. The number of hydrogen-bond acceptors (Lipinski definition) is 3. The summed E-state index contributed by atoms with van der Waals surface area (Å²) in [5.41, 5.74) is 0. The highest BCUT2D eigenvalue weighted by Crippen LogP contribution is 2.00. The Hall–Kier alpha value is -0.130. The monoisotopic (exact) mass is 209 g/mol. The van der Waals surface area contributed by atoms with Gasteiger partial charge in [0.25, 0.3) is 0 Å². The molecule has 2 N–H and O–H groups in total. The van der Waals surface area contributed by atoms with Gasteiger partial charge in [0.15, 0.2) is 0 Å². The van der Waals surface area contributed by atoms with Crippen molar-refractivity contribution in [2.24, 2.45) is 5.92 Å². The fourth-order valence-corrected chi connectivity index (χ4v) is 1.90. The largest absolute Gasteiger partial charge is 0.391 e. The van der Waals surface area contributed by atoms with Gasteiger partial charge in [0.1, 0.15) is 0 Å². The predicted octanol–water partition coefficient (Wildman–Crippen LogP) is 0.333. The van der Waals surface area contributed by atoms with Crippen molar-refractivity contribution in [2.75, 3.05) is 12.3 Å². The maximum absolute atomic E-state index is 11.1. The van der Waals surface area contributed by atoms with Crippen LogP contribution in [0.5, 0.6) is 0 Å². The van der Waals surface area contributed by atoms with Crippen molar-refractivity contribution < 1.29 is 13.5 Å². The van der Waals surface area contributed by atoms with Crippen molar-refractivity contribution in [3.8, 4) is 0 Å². The van der Waals surface area contributed by atoms with Crippen molar-refractivity contribution in [1.82, 2.24) is 4.72 Å². The topological polar surface area (TPSA) is 66.4 Å². The first-order valence-electron chi connectivity index (χ1n) is 4.54. The summed E-state index contributed by atoms with van der Waals surface area (Å²) in [6.07, 6.45) is -0.0146. The molecule has 0 unspecified atom stereocenters. The van der Waals surface area contributed by atoms with E-state index in [1.807, 2.05) is 13.8 Å². The molecule has 0 amide bonds. The summed E-state index contributed by atoms with van der Waals surface area (Å²) in [5.74, 6) is 0.196. The molecule has 0 heterocycles. The SMILES string of the molecule is CCCS(=O)(=O)NC[C@H](O)C(C)C. The Morgan fingerprint density at radius 3 is 2.31 bits per heavy atom. The normalized spacial score (nSPS) is 14.8. The molecule has 0 bridgehead atoms.